The molecular formula is C13H17N3O. The van der Waals surface area contributed by atoms with Crippen molar-refractivity contribution in [3.8, 4) is 5.75 Å². The topological polar surface area (TPSA) is 39.1 Å². The van der Waals surface area contributed by atoms with Crippen LogP contribution in [0.5, 0.6) is 5.75 Å². The Kier molecular flexibility index (Phi) is 3.32. The highest BCUT2D eigenvalue weighted by molar-refractivity contribution is 5.45. The van der Waals surface area contributed by atoms with Crippen molar-refractivity contribution in [2.24, 2.45) is 7.05 Å². The fourth-order valence-corrected chi connectivity index (χ4v) is 1.85. The summed E-state index contributed by atoms with van der Waals surface area (Å²) in [5, 5.41) is 7.52. The van der Waals surface area contributed by atoms with Crippen LogP contribution >= 0.6 is 0 Å². The molecule has 0 amide bonds. The van der Waals surface area contributed by atoms with Crippen LogP contribution in [0, 0.1) is 0 Å². The first-order valence-electron chi connectivity index (χ1n) is 5.59. The average molecular weight is 231 g/mol. The van der Waals surface area contributed by atoms with E-state index in [2.05, 4.69) is 23.4 Å². The van der Waals surface area contributed by atoms with Gasteiger partial charge in [0.2, 0.25) is 0 Å². The number of aromatic nitrogens is 2. The number of nitrogens with one attached hydrogen (secondary N) is 1. The second-order valence-corrected chi connectivity index (χ2v) is 4.01. The second kappa shape index (κ2) is 4.91. The molecule has 0 aliphatic carbocycles. The molecule has 2 rings (SSSR count). The largest absolute Gasteiger partial charge is 0.496 e. The number of hydrogen-bond donors (Lipinski definition) is 1. The summed E-state index contributed by atoms with van der Waals surface area (Å²) in [5.74, 6) is 0.899. The third-order valence-corrected chi connectivity index (χ3v) is 2.69. The van der Waals surface area contributed by atoms with Gasteiger partial charge in [0.1, 0.15) is 5.75 Å². The van der Waals surface area contributed by atoms with Crippen molar-refractivity contribution in [2.75, 3.05) is 12.4 Å². The number of rotatable bonds is 4. The maximum absolute atomic E-state index is 5.35. The average Bonchev–Trinajstić information content (AvgIpc) is 2.74. The Hall–Kier alpha value is -1.97. The van der Waals surface area contributed by atoms with E-state index in [1.165, 1.54) is 0 Å². The van der Waals surface area contributed by atoms with Crippen LogP contribution in [0.25, 0.3) is 0 Å². The summed E-state index contributed by atoms with van der Waals surface area (Å²) in [6.45, 7) is 2.10. The van der Waals surface area contributed by atoms with Gasteiger partial charge in [-0.2, -0.15) is 5.10 Å². The number of ether oxygens (including phenoxy) is 1. The highest BCUT2D eigenvalue weighted by Gasteiger charge is 2.10. The van der Waals surface area contributed by atoms with Gasteiger partial charge < -0.3 is 10.1 Å². The first-order chi connectivity index (χ1) is 8.20. The third kappa shape index (κ3) is 2.58. The van der Waals surface area contributed by atoms with E-state index < -0.39 is 0 Å². The molecule has 4 heteroatoms. The molecule has 1 atom stereocenters. The summed E-state index contributed by atoms with van der Waals surface area (Å²) in [5.41, 5.74) is 2.14. The Labute approximate surface area is 101 Å². The van der Waals surface area contributed by atoms with E-state index >= 15 is 0 Å². The van der Waals surface area contributed by atoms with E-state index in [0.717, 1.165) is 17.0 Å². The van der Waals surface area contributed by atoms with Crippen molar-refractivity contribution in [1.29, 1.82) is 0 Å². The first kappa shape index (κ1) is 11.5. The van der Waals surface area contributed by atoms with Gasteiger partial charge in [-0.05, 0) is 13.0 Å². The SMILES string of the molecule is COc1ccccc1C(C)Nc1cnn(C)c1. The zero-order valence-corrected chi connectivity index (χ0v) is 10.3. The molecular weight excluding hydrogens is 214 g/mol. The molecule has 0 fully saturated rings. The van der Waals surface area contributed by atoms with Gasteiger partial charge in [-0.15, -0.1) is 0 Å². The highest BCUT2D eigenvalue weighted by atomic mass is 16.5. The molecule has 90 valence electrons. The number of hydrogen-bond acceptors (Lipinski definition) is 3. The Morgan fingerprint density at radius 3 is 2.76 bits per heavy atom. The molecule has 0 bridgehead atoms. The lowest BCUT2D eigenvalue weighted by Crippen LogP contribution is -2.07. The maximum atomic E-state index is 5.35. The molecule has 1 N–H and O–H groups in total. The van der Waals surface area contributed by atoms with E-state index in [1.807, 2.05) is 37.6 Å². The molecule has 1 aromatic carbocycles. The Balaban J connectivity index is 2.16. The first-order valence-corrected chi connectivity index (χ1v) is 5.59. The van der Waals surface area contributed by atoms with Gasteiger partial charge in [-0.3, -0.25) is 4.68 Å². The molecule has 0 saturated heterocycles. The van der Waals surface area contributed by atoms with Crippen LogP contribution < -0.4 is 10.1 Å². The smallest absolute Gasteiger partial charge is 0.124 e. The summed E-state index contributed by atoms with van der Waals surface area (Å²) in [6, 6.07) is 8.19. The molecule has 0 aliphatic heterocycles. The van der Waals surface area contributed by atoms with Gasteiger partial charge in [0.25, 0.3) is 0 Å². The van der Waals surface area contributed by atoms with Crippen molar-refractivity contribution < 1.29 is 4.74 Å². The molecule has 0 radical (unpaired) electrons. The maximum Gasteiger partial charge on any atom is 0.124 e. The summed E-state index contributed by atoms with van der Waals surface area (Å²) >= 11 is 0. The van der Waals surface area contributed by atoms with Crippen LogP contribution in [0.1, 0.15) is 18.5 Å². The quantitative estimate of drug-likeness (QED) is 0.879. The van der Waals surface area contributed by atoms with E-state index in [4.69, 9.17) is 4.74 Å². The van der Waals surface area contributed by atoms with Crippen molar-refractivity contribution in [3.63, 3.8) is 0 Å². The number of anilines is 1. The van der Waals surface area contributed by atoms with Gasteiger partial charge in [0, 0.05) is 18.8 Å². The molecule has 1 heterocycles. The zero-order chi connectivity index (χ0) is 12.3. The van der Waals surface area contributed by atoms with E-state index in [1.54, 1.807) is 11.8 Å². The Bertz CT molecular complexity index is 493. The molecule has 1 aromatic heterocycles. The lowest BCUT2D eigenvalue weighted by atomic mass is 10.1. The molecule has 0 spiro atoms. The summed E-state index contributed by atoms with van der Waals surface area (Å²) in [4.78, 5) is 0. The summed E-state index contributed by atoms with van der Waals surface area (Å²) in [7, 11) is 3.59. The number of nitrogens with zero attached hydrogens (tertiary/aromatic N) is 2. The minimum absolute atomic E-state index is 0.176. The van der Waals surface area contributed by atoms with Gasteiger partial charge in [0.05, 0.1) is 25.0 Å². The van der Waals surface area contributed by atoms with Crippen LogP contribution in [0.3, 0.4) is 0 Å². The lowest BCUT2D eigenvalue weighted by molar-refractivity contribution is 0.408. The van der Waals surface area contributed by atoms with E-state index in [-0.39, 0.29) is 6.04 Å². The minimum Gasteiger partial charge on any atom is -0.496 e. The number of benzene rings is 1. The normalized spacial score (nSPS) is 12.2. The Morgan fingerprint density at radius 2 is 2.12 bits per heavy atom. The van der Waals surface area contributed by atoms with Crippen LogP contribution in [0.4, 0.5) is 5.69 Å². The fourth-order valence-electron chi connectivity index (χ4n) is 1.85. The monoisotopic (exact) mass is 231 g/mol. The van der Waals surface area contributed by atoms with Crippen LogP contribution in [0.15, 0.2) is 36.7 Å². The molecule has 0 saturated carbocycles. The Morgan fingerprint density at radius 1 is 1.35 bits per heavy atom. The van der Waals surface area contributed by atoms with Crippen LogP contribution in [-0.2, 0) is 7.05 Å². The molecule has 2 aromatic rings. The number of para-hydroxylation sites is 1. The molecule has 1 unspecified atom stereocenters. The van der Waals surface area contributed by atoms with Crippen LogP contribution in [-0.4, -0.2) is 16.9 Å². The zero-order valence-electron chi connectivity index (χ0n) is 10.3. The number of methoxy groups -OCH3 is 1. The number of aryl methyl sites for hydroxylation is 1. The van der Waals surface area contributed by atoms with Crippen molar-refractivity contribution in [1.82, 2.24) is 9.78 Å². The predicted octanol–water partition coefficient (Wildman–Crippen LogP) is 2.60. The molecule has 0 aliphatic rings. The van der Waals surface area contributed by atoms with Gasteiger partial charge >= 0.3 is 0 Å². The van der Waals surface area contributed by atoms with Crippen LogP contribution in [0.2, 0.25) is 0 Å². The van der Waals surface area contributed by atoms with Crippen molar-refractivity contribution in [2.45, 2.75) is 13.0 Å². The second-order valence-electron chi connectivity index (χ2n) is 4.01. The van der Waals surface area contributed by atoms with Crippen molar-refractivity contribution in [3.05, 3.63) is 42.2 Å². The molecule has 4 nitrogen and oxygen atoms in total. The summed E-state index contributed by atoms with van der Waals surface area (Å²) in [6.07, 6.45) is 3.76. The van der Waals surface area contributed by atoms with E-state index in [9.17, 15) is 0 Å². The highest BCUT2D eigenvalue weighted by Crippen LogP contribution is 2.26. The predicted molar refractivity (Wildman–Crippen MR) is 68.2 cm³/mol. The third-order valence-electron chi connectivity index (χ3n) is 2.69. The van der Waals surface area contributed by atoms with Gasteiger partial charge in [-0.1, -0.05) is 18.2 Å². The molecule has 17 heavy (non-hydrogen) atoms. The van der Waals surface area contributed by atoms with Gasteiger partial charge in [-0.25, -0.2) is 0 Å². The van der Waals surface area contributed by atoms with E-state index in [0.29, 0.717) is 0 Å². The standard InChI is InChI=1S/C13H17N3O/c1-10(15-11-8-14-16(2)9-11)12-6-4-5-7-13(12)17-3/h4-10,15H,1-3H3. The summed E-state index contributed by atoms with van der Waals surface area (Å²) < 4.78 is 7.12. The minimum atomic E-state index is 0.176. The lowest BCUT2D eigenvalue weighted by Gasteiger charge is -2.17. The van der Waals surface area contributed by atoms with Crippen molar-refractivity contribution >= 4 is 5.69 Å². The van der Waals surface area contributed by atoms with Gasteiger partial charge in [0.15, 0.2) is 0 Å². The fraction of sp³-hybridized carbons (Fsp3) is 0.308.